The van der Waals surface area contributed by atoms with Crippen molar-refractivity contribution in [2.45, 2.75) is 361 Å². The third-order valence-corrected chi connectivity index (χ3v) is 13.7. The number of rotatable bonds is 54. The molecule has 0 rings (SSSR count). The maximum atomic E-state index is 12.2. The van der Waals surface area contributed by atoms with Gasteiger partial charge in [-0.25, -0.2) is 0 Å². The second kappa shape index (κ2) is 61.4. The van der Waals surface area contributed by atoms with E-state index in [9.17, 15) is 29.4 Å². The predicted octanol–water partition coefficient (Wildman–Crippen LogP) is 16.5. The zero-order valence-corrected chi connectivity index (χ0v) is 48.7. The quantitative estimate of drug-likeness (QED) is 0.0334. The molecule has 2 atom stereocenters. The summed E-state index contributed by atoms with van der Waals surface area (Å²) in [6.45, 7) is 8.99. The Morgan fingerprint density at radius 3 is 0.667 bits per heavy atom. The van der Waals surface area contributed by atoms with Crippen LogP contribution < -0.4 is 10.2 Å². The van der Waals surface area contributed by atoms with Crippen molar-refractivity contribution in [1.29, 1.82) is 0 Å². The first-order chi connectivity index (χ1) is 33.2. The number of carboxylic acids is 2. The molecule has 0 saturated carbocycles. The molecule has 0 bridgehead atoms. The summed E-state index contributed by atoms with van der Waals surface area (Å²) in [7, 11) is 0. The van der Waals surface area contributed by atoms with Crippen LogP contribution in [0.3, 0.4) is 0 Å². The van der Waals surface area contributed by atoms with E-state index in [0.717, 1.165) is 64.2 Å². The van der Waals surface area contributed by atoms with Crippen LogP contribution in [0.5, 0.6) is 0 Å². The van der Waals surface area contributed by atoms with Gasteiger partial charge in [0.25, 0.3) is 0 Å². The minimum Gasteiger partial charge on any atom is -0.550 e. The van der Waals surface area contributed by atoms with Gasteiger partial charge in [0.2, 0.25) is 0 Å². The van der Waals surface area contributed by atoms with E-state index in [1.54, 1.807) is 0 Å². The molecular formula is C60H114CaO8. The fraction of sp³-hybridized carbons (Fsp3) is 0.933. The van der Waals surface area contributed by atoms with E-state index in [4.69, 9.17) is 9.47 Å². The summed E-state index contributed by atoms with van der Waals surface area (Å²) in [5, 5.41) is 21.7. The number of hydrogen-bond donors (Lipinski definition) is 0. The third-order valence-electron chi connectivity index (χ3n) is 13.7. The Kier molecular flexibility index (Phi) is 64.5. The number of aliphatic carboxylic acids is 2. The van der Waals surface area contributed by atoms with Gasteiger partial charge in [0, 0.05) is 24.8 Å². The molecular weight excluding hydrogens is 889 g/mol. The van der Waals surface area contributed by atoms with E-state index >= 15 is 0 Å². The van der Waals surface area contributed by atoms with E-state index in [2.05, 4.69) is 27.7 Å². The standard InChI is InChI=1S/2C30H58O4.Ca/c2*1-3-5-7-9-11-13-14-15-17-18-20-22-24-28(26-27-29(31)32)34-30(33)25-23-21-19-16-12-10-8-6-4-2;/h2*28H,3-27H2,1-2H3,(H,31,32);/q;;+2/p-2. The number of ether oxygens (including phenoxy) is 2. The van der Waals surface area contributed by atoms with Gasteiger partial charge < -0.3 is 29.3 Å². The van der Waals surface area contributed by atoms with Crippen LogP contribution in [0, 0.1) is 0 Å². The Bertz CT molecular complexity index is 988. The van der Waals surface area contributed by atoms with Crippen LogP contribution in [0.25, 0.3) is 0 Å². The Balaban J connectivity index is -0.00000124. The zero-order chi connectivity index (χ0) is 50.2. The Labute approximate surface area is 458 Å². The van der Waals surface area contributed by atoms with Crippen molar-refractivity contribution < 1.29 is 38.9 Å². The minimum absolute atomic E-state index is 0. The molecule has 0 N–H and O–H groups in total. The van der Waals surface area contributed by atoms with Crippen molar-refractivity contribution in [3.8, 4) is 0 Å². The van der Waals surface area contributed by atoms with Gasteiger partial charge in [0.15, 0.2) is 0 Å². The number of esters is 2. The van der Waals surface area contributed by atoms with Crippen molar-refractivity contribution in [3.63, 3.8) is 0 Å². The van der Waals surface area contributed by atoms with E-state index in [1.165, 1.54) is 218 Å². The maximum absolute atomic E-state index is 12.2. The van der Waals surface area contributed by atoms with E-state index in [0.29, 0.717) is 25.7 Å². The molecule has 2 unspecified atom stereocenters. The number of carbonyl (C=O) groups excluding carboxylic acids is 4. The molecule has 0 saturated heterocycles. The van der Waals surface area contributed by atoms with Gasteiger partial charge in [-0.15, -0.1) is 0 Å². The van der Waals surface area contributed by atoms with Gasteiger partial charge in [-0.05, 0) is 64.2 Å². The van der Waals surface area contributed by atoms with Crippen LogP contribution in [0.2, 0.25) is 0 Å². The SMILES string of the molecule is CCCCCCCCCCCCCCC(CCC(=O)[O-])OC(=O)CCCCCCCCCCC.CCCCCCCCCCCCCCC(CCC(=O)[O-])OC(=O)CCCCCCCCCCC.[Ca+2]. The summed E-state index contributed by atoms with van der Waals surface area (Å²) < 4.78 is 11.3. The molecule has 0 heterocycles. The molecule has 0 fully saturated rings. The van der Waals surface area contributed by atoms with Gasteiger partial charge in [-0.3, -0.25) is 9.59 Å². The first-order valence-electron chi connectivity index (χ1n) is 30.0. The van der Waals surface area contributed by atoms with E-state index < -0.39 is 11.9 Å². The van der Waals surface area contributed by atoms with E-state index in [1.807, 2.05) is 0 Å². The van der Waals surface area contributed by atoms with Crippen LogP contribution in [0.1, 0.15) is 349 Å². The summed E-state index contributed by atoms with van der Waals surface area (Å²) in [6, 6.07) is 0. The molecule has 404 valence electrons. The van der Waals surface area contributed by atoms with Crippen LogP contribution >= 0.6 is 0 Å². The fourth-order valence-electron chi connectivity index (χ4n) is 9.16. The molecule has 0 aromatic heterocycles. The van der Waals surface area contributed by atoms with Gasteiger partial charge in [-0.1, -0.05) is 272 Å². The number of unbranched alkanes of at least 4 members (excludes halogenated alkanes) is 38. The first kappa shape index (κ1) is 72.4. The van der Waals surface area contributed by atoms with E-state index in [-0.39, 0.29) is 74.7 Å². The molecule has 0 aromatic carbocycles. The molecule has 0 aromatic rings. The summed E-state index contributed by atoms with van der Waals surface area (Å²) in [6.07, 6.45) is 55.6. The van der Waals surface area contributed by atoms with Gasteiger partial charge in [0.05, 0.1) is 0 Å². The fourth-order valence-corrected chi connectivity index (χ4v) is 9.16. The second-order valence-electron chi connectivity index (χ2n) is 20.6. The normalized spacial score (nSPS) is 11.9. The zero-order valence-electron chi connectivity index (χ0n) is 46.5. The number of carboxylic acid groups (broad SMARTS) is 2. The van der Waals surface area contributed by atoms with Crippen LogP contribution in [-0.4, -0.2) is 73.8 Å². The van der Waals surface area contributed by atoms with Gasteiger partial charge in [-0.2, -0.15) is 0 Å². The van der Waals surface area contributed by atoms with Crippen molar-refractivity contribution in [2.24, 2.45) is 0 Å². The Morgan fingerprint density at radius 2 is 0.464 bits per heavy atom. The van der Waals surface area contributed by atoms with Crippen molar-refractivity contribution in [3.05, 3.63) is 0 Å². The number of hydrogen-bond acceptors (Lipinski definition) is 8. The van der Waals surface area contributed by atoms with Crippen molar-refractivity contribution in [1.82, 2.24) is 0 Å². The maximum Gasteiger partial charge on any atom is 2.00 e. The number of carbonyl (C=O) groups is 4. The molecule has 69 heavy (non-hydrogen) atoms. The predicted molar refractivity (Wildman–Crippen MR) is 289 cm³/mol. The van der Waals surface area contributed by atoms with Gasteiger partial charge in [0.1, 0.15) is 12.2 Å². The summed E-state index contributed by atoms with van der Waals surface area (Å²) >= 11 is 0. The molecule has 0 spiro atoms. The summed E-state index contributed by atoms with van der Waals surface area (Å²) in [4.78, 5) is 46.2. The molecule has 0 radical (unpaired) electrons. The Hall–Kier alpha value is -0.860. The average Bonchev–Trinajstić information content (AvgIpc) is 3.32. The second-order valence-corrected chi connectivity index (χ2v) is 20.6. The molecule has 8 nitrogen and oxygen atoms in total. The molecule has 0 aliphatic heterocycles. The topological polar surface area (TPSA) is 133 Å². The average molecular weight is 1000 g/mol. The minimum atomic E-state index is -1.06. The Morgan fingerprint density at radius 1 is 0.275 bits per heavy atom. The smallest absolute Gasteiger partial charge is 0.550 e. The summed E-state index contributed by atoms with van der Waals surface area (Å²) in [5.41, 5.74) is 0. The largest absolute Gasteiger partial charge is 2.00 e. The van der Waals surface area contributed by atoms with Crippen molar-refractivity contribution >= 4 is 61.6 Å². The monoisotopic (exact) mass is 1000 g/mol. The third kappa shape index (κ3) is 63.2. The first-order valence-corrected chi connectivity index (χ1v) is 30.0. The van der Waals surface area contributed by atoms with Crippen LogP contribution in [0.15, 0.2) is 0 Å². The van der Waals surface area contributed by atoms with Crippen molar-refractivity contribution in [2.75, 3.05) is 0 Å². The van der Waals surface area contributed by atoms with Crippen LogP contribution in [0.4, 0.5) is 0 Å². The molecule has 0 aliphatic rings. The molecule has 0 aliphatic carbocycles. The summed E-state index contributed by atoms with van der Waals surface area (Å²) in [5.74, 6) is -2.44. The molecule has 0 amide bonds. The van der Waals surface area contributed by atoms with Crippen LogP contribution in [-0.2, 0) is 28.7 Å². The van der Waals surface area contributed by atoms with Gasteiger partial charge >= 0.3 is 49.7 Å². The molecule has 9 heteroatoms.